The first kappa shape index (κ1) is 30.2. The number of nitrogens with one attached hydrogen (secondary N) is 1. The lowest BCUT2D eigenvalue weighted by Crippen LogP contribution is -2.53. The predicted octanol–water partition coefficient (Wildman–Crippen LogP) is 4.89. The quantitative estimate of drug-likeness (QED) is 0.336. The molecule has 0 aliphatic rings. The van der Waals surface area contributed by atoms with Crippen LogP contribution in [0.15, 0.2) is 72.8 Å². The highest BCUT2D eigenvalue weighted by Gasteiger charge is 2.33. The fraction of sp³-hybridized carbons (Fsp3) is 0.333. The maximum atomic E-state index is 14.1. The molecule has 0 fully saturated rings. The van der Waals surface area contributed by atoms with Gasteiger partial charge in [-0.25, -0.2) is 8.42 Å². The average molecular weight is 570 g/mol. The smallest absolute Gasteiger partial charge is 0.244 e. The molecule has 208 valence electrons. The molecule has 1 atom stereocenters. The van der Waals surface area contributed by atoms with E-state index in [1.54, 1.807) is 37.3 Å². The molecule has 0 bridgehead atoms. The first-order valence-corrected chi connectivity index (χ1v) is 15.1. The molecule has 39 heavy (non-hydrogen) atoms. The topological polar surface area (TPSA) is 86.8 Å². The molecule has 3 aromatic rings. The van der Waals surface area contributed by atoms with Gasteiger partial charge in [-0.2, -0.15) is 0 Å². The molecular formula is C30H36ClN3O4S. The van der Waals surface area contributed by atoms with Crippen LogP contribution in [0.2, 0.25) is 5.02 Å². The Balaban J connectivity index is 2.06. The van der Waals surface area contributed by atoms with Crippen LogP contribution in [0.25, 0.3) is 0 Å². The van der Waals surface area contributed by atoms with E-state index in [4.69, 9.17) is 11.6 Å². The van der Waals surface area contributed by atoms with Crippen molar-refractivity contribution in [3.05, 3.63) is 100 Å². The third-order valence-electron chi connectivity index (χ3n) is 6.40. The van der Waals surface area contributed by atoms with Crippen molar-refractivity contribution in [1.29, 1.82) is 0 Å². The van der Waals surface area contributed by atoms with Crippen molar-refractivity contribution in [2.24, 2.45) is 0 Å². The molecule has 0 unspecified atom stereocenters. The number of hydrogen-bond acceptors (Lipinski definition) is 4. The van der Waals surface area contributed by atoms with E-state index in [1.165, 1.54) is 4.90 Å². The molecule has 0 aromatic heterocycles. The first-order valence-electron chi connectivity index (χ1n) is 12.9. The Bertz CT molecular complexity index is 1380. The molecule has 7 nitrogen and oxygen atoms in total. The molecule has 1 N–H and O–H groups in total. The highest BCUT2D eigenvalue weighted by molar-refractivity contribution is 7.92. The summed E-state index contributed by atoms with van der Waals surface area (Å²) in [5.74, 6) is -0.774. The van der Waals surface area contributed by atoms with Gasteiger partial charge in [0.25, 0.3) is 0 Å². The first-order chi connectivity index (χ1) is 18.5. The number of aryl methyl sites for hydroxylation is 2. The number of carbonyl (C=O) groups excluding carboxylic acids is 2. The Morgan fingerprint density at radius 3 is 2.23 bits per heavy atom. The second kappa shape index (κ2) is 13.6. The molecule has 0 saturated heterocycles. The number of anilines is 1. The molecule has 0 aliphatic heterocycles. The number of amides is 2. The van der Waals surface area contributed by atoms with E-state index >= 15 is 0 Å². The molecule has 9 heteroatoms. The summed E-state index contributed by atoms with van der Waals surface area (Å²) in [4.78, 5) is 29.0. The molecule has 2 amide bonds. The lowest BCUT2D eigenvalue weighted by atomic mass is 10.0. The van der Waals surface area contributed by atoms with Gasteiger partial charge < -0.3 is 10.2 Å². The predicted molar refractivity (Wildman–Crippen MR) is 157 cm³/mol. The van der Waals surface area contributed by atoms with Crippen molar-refractivity contribution in [3.63, 3.8) is 0 Å². The number of sulfonamides is 1. The van der Waals surface area contributed by atoms with E-state index < -0.39 is 28.5 Å². The maximum absolute atomic E-state index is 14.1. The lowest BCUT2D eigenvalue weighted by Gasteiger charge is -2.34. The Kier molecular flexibility index (Phi) is 10.5. The van der Waals surface area contributed by atoms with E-state index in [9.17, 15) is 18.0 Å². The maximum Gasteiger partial charge on any atom is 0.244 e. The van der Waals surface area contributed by atoms with Crippen molar-refractivity contribution < 1.29 is 18.0 Å². The molecule has 0 heterocycles. The Morgan fingerprint density at radius 2 is 1.62 bits per heavy atom. The summed E-state index contributed by atoms with van der Waals surface area (Å²) in [6.07, 6.45) is 2.10. The van der Waals surface area contributed by atoms with Gasteiger partial charge in [0.15, 0.2) is 0 Å². The van der Waals surface area contributed by atoms with E-state index in [0.29, 0.717) is 17.3 Å². The number of hydrogen-bond donors (Lipinski definition) is 1. The minimum Gasteiger partial charge on any atom is -0.354 e. The standard InChI is InChI=1S/C30H36ClN3O4S/c1-5-17-32-30(36)28(19-24-9-7-6-8-10-24)33(20-25-13-15-26(31)16-14-25)29(35)21-34(39(4,37)38)27-18-22(2)11-12-23(27)3/h6-16,18,28H,5,17,19-21H2,1-4H3,(H,32,36)/t28-/m0/s1. The van der Waals surface area contributed by atoms with Crippen LogP contribution in [0, 0.1) is 13.8 Å². The van der Waals surface area contributed by atoms with E-state index in [0.717, 1.165) is 39.2 Å². The van der Waals surface area contributed by atoms with Gasteiger partial charge in [-0.3, -0.25) is 13.9 Å². The van der Waals surface area contributed by atoms with Gasteiger partial charge in [-0.05, 0) is 60.7 Å². The van der Waals surface area contributed by atoms with E-state index in [-0.39, 0.29) is 18.9 Å². The highest BCUT2D eigenvalue weighted by Crippen LogP contribution is 2.25. The summed E-state index contributed by atoms with van der Waals surface area (Å²) in [7, 11) is -3.82. The molecule has 3 rings (SSSR count). The molecule has 0 aliphatic carbocycles. The Labute approximate surface area is 236 Å². The monoisotopic (exact) mass is 569 g/mol. The summed E-state index contributed by atoms with van der Waals surface area (Å²) in [5, 5.41) is 3.48. The fourth-order valence-corrected chi connectivity index (χ4v) is 5.31. The van der Waals surface area contributed by atoms with Gasteiger partial charge in [0.05, 0.1) is 11.9 Å². The van der Waals surface area contributed by atoms with Gasteiger partial charge in [0.2, 0.25) is 21.8 Å². The van der Waals surface area contributed by atoms with Crippen molar-refractivity contribution in [2.75, 3.05) is 23.7 Å². The third-order valence-corrected chi connectivity index (χ3v) is 7.78. The second-order valence-electron chi connectivity index (χ2n) is 9.70. The van der Waals surface area contributed by atoms with E-state index in [2.05, 4.69) is 5.32 Å². The number of rotatable bonds is 12. The van der Waals surface area contributed by atoms with Crippen LogP contribution in [0.4, 0.5) is 5.69 Å². The van der Waals surface area contributed by atoms with Gasteiger partial charge in [0.1, 0.15) is 12.6 Å². The van der Waals surface area contributed by atoms with Crippen LogP contribution >= 0.6 is 11.6 Å². The number of halogens is 1. The van der Waals surface area contributed by atoms with Gasteiger partial charge in [-0.15, -0.1) is 0 Å². The molecular weight excluding hydrogens is 534 g/mol. The SMILES string of the molecule is CCCNC(=O)[C@H](Cc1ccccc1)N(Cc1ccc(Cl)cc1)C(=O)CN(c1cc(C)ccc1C)S(C)(=O)=O. The van der Waals surface area contributed by atoms with Crippen molar-refractivity contribution in [3.8, 4) is 0 Å². The summed E-state index contributed by atoms with van der Waals surface area (Å²) in [6, 6.07) is 21.1. The lowest BCUT2D eigenvalue weighted by molar-refractivity contribution is -0.140. The zero-order valence-electron chi connectivity index (χ0n) is 22.9. The normalized spacial score (nSPS) is 12.0. The summed E-state index contributed by atoms with van der Waals surface area (Å²) in [5.41, 5.74) is 3.69. The Hall–Kier alpha value is -3.36. The molecule has 0 radical (unpaired) electrons. The van der Waals surface area contributed by atoms with Gasteiger partial charge in [0, 0.05) is 24.5 Å². The zero-order chi connectivity index (χ0) is 28.6. The largest absolute Gasteiger partial charge is 0.354 e. The van der Waals surface area contributed by atoms with Crippen molar-refractivity contribution >= 4 is 39.1 Å². The highest BCUT2D eigenvalue weighted by atomic mass is 35.5. The molecule has 0 saturated carbocycles. The number of nitrogens with zero attached hydrogens (tertiary/aromatic N) is 2. The zero-order valence-corrected chi connectivity index (χ0v) is 24.4. The molecule has 0 spiro atoms. The minimum atomic E-state index is -3.82. The van der Waals surface area contributed by atoms with Crippen LogP contribution in [0.5, 0.6) is 0 Å². The Morgan fingerprint density at radius 1 is 0.949 bits per heavy atom. The summed E-state index contributed by atoms with van der Waals surface area (Å²) in [6.45, 7) is 5.76. The fourth-order valence-electron chi connectivity index (χ4n) is 4.29. The van der Waals surface area contributed by atoms with Crippen molar-refractivity contribution in [2.45, 2.75) is 46.2 Å². The second-order valence-corrected chi connectivity index (χ2v) is 12.0. The van der Waals surface area contributed by atoms with Crippen LogP contribution in [0.1, 0.15) is 35.6 Å². The summed E-state index contributed by atoms with van der Waals surface area (Å²) >= 11 is 6.08. The number of benzene rings is 3. The van der Waals surface area contributed by atoms with Crippen molar-refractivity contribution in [1.82, 2.24) is 10.2 Å². The van der Waals surface area contributed by atoms with Crippen LogP contribution in [-0.4, -0.2) is 50.5 Å². The van der Waals surface area contributed by atoms with Gasteiger partial charge in [-0.1, -0.05) is 73.1 Å². The molecule has 3 aromatic carbocycles. The summed E-state index contributed by atoms with van der Waals surface area (Å²) < 4.78 is 27.0. The average Bonchev–Trinajstić information content (AvgIpc) is 2.90. The number of carbonyl (C=O) groups is 2. The van der Waals surface area contributed by atoms with Crippen LogP contribution < -0.4 is 9.62 Å². The minimum absolute atomic E-state index is 0.109. The third kappa shape index (κ3) is 8.57. The van der Waals surface area contributed by atoms with Crippen LogP contribution in [-0.2, 0) is 32.6 Å². The van der Waals surface area contributed by atoms with Gasteiger partial charge >= 0.3 is 0 Å². The van der Waals surface area contributed by atoms with Crippen LogP contribution in [0.3, 0.4) is 0 Å². The van der Waals surface area contributed by atoms with E-state index in [1.807, 2.05) is 56.3 Å².